The first-order valence-corrected chi connectivity index (χ1v) is 5.74. The molecule has 0 saturated carbocycles. The highest BCUT2D eigenvalue weighted by atomic mass is 19.4. The minimum absolute atomic E-state index is 0.0617. The Bertz CT molecular complexity index is 544. The van der Waals surface area contributed by atoms with Crippen LogP contribution in [-0.4, -0.2) is 11.0 Å². The molecule has 0 saturated heterocycles. The Hall–Kier alpha value is -1.82. The second kappa shape index (κ2) is 5.05. The fraction of sp³-hybridized carbons (Fsp3) is 0.308. The van der Waals surface area contributed by atoms with Gasteiger partial charge in [0.2, 0.25) is 5.89 Å². The molecule has 1 aromatic carbocycles. The molecule has 0 bridgehead atoms. The Morgan fingerprint density at radius 1 is 1.26 bits per heavy atom. The highest BCUT2D eigenvalue weighted by Crippen LogP contribution is 2.30. The fourth-order valence-corrected chi connectivity index (χ4v) is 1.65. The van der Waals surface area contributed by atoms with Crippen LogP contribution in [0, 0.1) is 0 Å². The van der Waals surface area contributed by atoms with Gasteiger partial charge in [0.1, 0.15) is 5.76 Å². The van der Waals surface area contributed by atoms with E-state index in [0.717, 1.165) is 12.1 Å². The minimum atomic E-state index is -4.34. The Kier molecular flexibility index (Phi) is 3.61. The summed E-state index contributed by atoms with van der Waals surface area (Å²) < 4.78 is 42.7. The molecule has 1 unspecified atom stereocenters. The molecule has 6 heteroatoms. The lowest BCUT2D eigenvalue weighted by Crippen LogP contribution is -2.17. The van der Waals surface area contributed by atoms with Gasteiger partial charge in [0.15, 0.2) is 0 Å². The van der Waals surface area contributed by atoms with Gasteiger partial charge >= 0.3 is 6.18 Å². The topological polar surface area (TPSA) is 52.0 Å². The maximum absolute atomic E-state index is 12.4. The Morgan fingerprint density at radius 2 is 1.89 bits per heavy atom. The lowest BCUT2D eigenvalue weighted by molar-refractivity contribution is -0.137. The quantitative estimate of drug-likeness (QED) is 0.931. The lowest BCUT2D eigenvalue weighted by Gasteiger charge is -2.06. The summed E-state index contributed by atoms with van der Waals surface area (Å²) in [6.45, 7) is 1.83. The first-order valence-electron chi connectivity index (χ1n) is 5.74. The Morgan fingerprint density at radius 3 is 2.42 bits per heavy atom. The summed E-state index contributed by atoms with van der Waals surface area (Å²) in [6.07, 6.45) is -2.26. The van der Waals surface area contributed by atoms with Crippen molar-refractivity contribution in [2.24, 2.45) is 5.73 Å². The van der Waals surface area contributed by atoms with E-state index in [0.29, 0.717) is 23.6 Å². The molecule has 0 fully saturated rings. The van der Waals surface area contributed by atoms with Crippen molar-refractivity contribution in [3.8, 4) is 11.5 Å². The predicted octanol–water partition coefficient (Wildman–Crippen LogP) is 3.25. The highest BCUT2D eigenvalue weighted by molar-refractivity contribution is 5.53. The van der Waals surface area contributed by atoms with Gasteiger partial charge in [-0.15, -0.1) is 0 Å². The maximum atomic E-state index is 12.4. The monoisotopic (exact) mass is 270 g/mol. The fourth-order valence-electron chi connectivity index (χ4n) is 1.65. The number of alkyl halides is 3. The number of aromatic nitrogens is 1. The van der Waals surface area contributed by atoms with Crippen LogP contribution in [0.15, 0.2) is 34.9 Å². The number of hydrogen-bond donors (Lipinski definition) is 1. The van der Waals surface area contributed by atoms with Crippen LogP contribution in [0.4, 0.5) is 13.2 Å². The zero-order valence-corrected chi connectivity index (χ0v) is 10.2. The van der Waals surface area contributed by atoms with E-state index in [-0.39, 0.29) is 6.04 Å². The summed E-state index contributed by atoms with van der Waals surface area (Å²) in [7, 11) is 0. The summed E-state index contributed by atoms with van der Waals surface area (Å²) in [6, 6.07) is 4.62. The number of oxazole rings is 1. The van der Waals surface area contributed by atoms with Gasteiger partial charge in [-0.3, -0.25) is 0 Å². The van der Waals surface area contributed by atoms with Crippen LogP contribution in [0.2, 0.25) is 0 Å². The normalized spacial score (nSPS) is 13.5. The first kappa shape index (κ1) is 13.6. The number of rotatable bonds is 3. The van der Waals surface area contributed by atoms with Crippen molar-refractivity contribution in [1.82, 2.24) is 4.98 Å². The summed E-state index contributed by atoms with van der Waals surface area (Å²) >= 11 is 0. The molecule has 1 aromatic heterocycles. The largest absolute Gasteiger partial charge is 0.441 e. The number of benzene rings is 1. The minimum Gasteiger partial charge on any atom is -0.441 e. The molecule has 102 valence electrons. The molecule has 3 nitrogen and oxygen atoms in total. The van der Waals surface area contributed by atoms with Gasteiger partial charge in [0.25, 0.3) is 0 Å². The molecule has 0 aliphatic carbocycles. The van der Waals surface area contributed by atoms with Gasteiger partial charge in [0.05, 0.1) is 11.8 Å². The highest BCUT2D eigenvalue weighted by Gasteiger charge is 2.30. The second-order valence-corrected chi connectivity index (χ2v) is 4.39. The van der Waals surface area contributed by atoms with Crippen LogP contribution in [0.1, 0.15) is 18.2 Å². The van der Waals surface area contributed by atoms with Crippen LogP contribution < -0.4 is 5.73 Å². The van der Waals surface area contributed by atoms with E-state index in [2.05, 4.69) is 4.98 Å². The number of nitrogens with zero attached hydrogens (tertiary/aromatic N) is 1. The first-order chi connectivity index (χ1) is 8.86. The second-order valence-electron chi connectivity index (χ2n) is 4.39. The zero-order valence-electron chi connectivity index (χ0n) is 10.2. The van der Waals surface area contributed by atoms with Crippen molar-refractivity contribution in [3.63, 3.8) is 0 Å². The van der Waals surface area contributed by atoms with E-state index < -0.39 is 11.7 Å². The molecule has 2 aromatic rings. The average molecular weight is 270 g/mol. The van der Waals surface area contributed by atoms with Gasteiger partial charge in [0, 0.05) is 18.0 Å². The van der Waals surface area contributed by atoms with Crippen molar-refractivity contribution >= 4 is 0 Å². The van der Waals surface area contributed by atoms with E-state index in [1.807, 2.05) is 6.92 Å². The Labute approximate surface area is 108 Å². The van der Waals surface area contributed by atoms with E-state index in [1.165, 1.54) is 18.3 Å². The Balaban J connectivity index is 2.20. The third kappa shape index (κ3) is 3.35. The van der Waals surface area contributed by atoms with E-state index in [4.69, 9.17) is 10.2 Å². The maximum Gasteiger partial charge on any atom is 0.416 e. The van der Waals surface area contributed by atoms with Crippen LogP contribution in [0.25, 0.3) is 11.5 Å². The number of hydrogen-bond acceptors (Lipinski definition) is 3. The van der Waals surface area contributed by atoms with Crippen molar-refractivity contribution in [2.75, 3.05) is 0 Å². The SMILES string of the molecule is CC(N)Cc1cnc(-c2ccc(C(F)(F)F)cc2)o1. The zero-order chi connectivity index (χ0) is 14.0. The summed E-state index contributed by atoms with van der Waals surface area (Å²) in [5.41, 5.74) is 5.44. The van der Waals surface area contributed by atoms with Gasteiger partial charge in [-0.25, -0.2) is 4.98 Å². The van der Waals surface area contributed by atoms with Crippen molar-refractivity contribution in [1.29, 1.82) is 0 Å². The van der Waals surface area contributed by atoms with E-state index >= 15 is 0 Å². The molecular weight excluding hydrogens is 257 g/mol. The average Bonchev–Trinajstić information content (AvgIpc) is 2.75. The standard InChI is InChI=1S/C13H13F3N2O/c1-8(17)6-11-7-18-12(19-11)9-2-4-10(5-3-9)13(14,15)16/h2-5,7-8H,6,17H2,1H3. The summed E-state index contributed by atoms with van der Waals surface area (Å²) in [4.78, 5) is 4.03. The van der Waals surface area contributed by atoms with Crippen LogP contribution >= 0.6 is 0 Å². The van der Waals surface area contributed by atoms with Crippen molar-refractivity contribution in [3.05, 3.63) is 41.8 Å². The summed E-state index contributed by atoms with van der Waals surface area (Å²) in [5.74, 6) is 0.911. The predicted molar refractivity (Wildman–Crippen MR) is 64.3 cm³/mol. The molecule has 2 rings (SSSR count). The van der Waals surface area contributed by atoms with Gasteiger partial charge in [-0.05, 0) is 31.2 Å². The molecular formula is C13H13F3N2O. The van der Waals surface area contributed by atoms with Gasteiger partial charge in [-0.2, -0.15) is 13.2 Å². The van der Waals surface area contributed by atoms with Gasteiger partial charge < -0.3 is 10.2 Å². The van der Waals surface area contributed by atoms with E-state index in [9.17, 15) is 13.2 Å². The molecule has 0 aliphatic heterocycles. The van der Waals surface area contributed by atoms with Crippen LogP contribution in [0.5, 0.6) is 0 Å². The number of halogens is 3. The molecule has 0 radical (unpaired) electrons. The molecule has 2 N–H and O–H groups in total. The molecule has 0 spiro atoms. The van der Waals surface area contributed by atoms with Crippen molar-refractivity contribution < 1.29 is 17.6 Å². The molecule has 1 atom stereocenters. The van der Waals surface area contributed by atoms with Crippen LogP contribution in [-0.2, 0) is 12.6 Å². The molecule has 19 heavy (non-hydrogen) atoms. The van der Waals surface area contributed by atoms with E-state index in [1.54, 1.807) is 0 Å². The number of nitrogens with two attached hydrogens (primary N) is 1. The van der Waals surface area contributed by atoms with Crippen molar-refractivity contribution in [2.45, 2.75) is 25.6 Å². The summed E-state index contributed by atoms with van der Waals surface area (Å²) in [5, 5.41) is 0. The van der Waals surface area contributed by atoms with Crippen LogP contribution in [0.3, 0.4) is 0 Å². The third-order valence-corrected chi connectivity index (χ3v) is 2.54. The lowest BCUT2D eigenvalue weighted by atomic mass is 10.1. The molecule has 0 aliphatic rings. The molecule has 0 amide bonds. The smallest absolute Gasteiger partial charge is 0.416 e. The third-order valence-electron chi connectivity index (χ3n) is 2.54. The molecule has 1 heterocycles. The van der Waals surface area contributed by atoms with Gasteiger partial charge in [-0.1, -0.05) is 0 Å².